The first-order chi connectivity index (χ1) is 11.9. The van der Waals surface area contributed by atoms with E-state index in [1.165, 1.54) is 95.7 Å². The van der Waals surface area contributed by atoms with E-state index in [1.807, 2.05) is 0 Å². The predicted molar refractivity (Wildman–Crippen MR) is 105 cm³/mol. The largest absolute Gasteiger partial charge is 0.301 e. The second kappa shape index (κ2) is 9.61. The van der Waals surface area contributed by atoms with E-state index in [9.17, 15) is 0 Å². The third kappa shape index (κ3) is 5.09. The lowest BCUT2D eigenvalue weighted by Gasteiger charge is -2.33. The maximum atomic E-state index is 2.75. The van der Waals surface area contributed by atoms with Crippen molar-refractivity contribution >= 4 is 0 Å². The van der Waals surface area contributed by atoms with Crippen LogP contribution in [0.25, 0.3) is 0 Å². The van der Waals surface area contributed by atoms with Crippen LogP contribution in [0.15, 0.2) is 24.3 Å². The van der Waals surface area contributed by atoms with Crippen LogP contribution in [0, 0.1) is 0 Å². The van der Waals surface area contributed by atoms with Crippen LogP contribution in [0.5, 0.6) is 0 Å². The van der Waals surface area contributed by atoms with Crippen LogP contribution in [0.3, 0.4) is 0 Å². The van der Waals surface area contributed by atoms with Crippen LogP contribution >= 0.6 is 0 Å². The van der Waals surface area contributed by atoms with Gasteiger partial charge in [0.2, 0.25) is 0 Å². The van der Waals surface area contributed by atoms with Gasteiger partial charge in [-0.25, -0.2) is 0 Å². The van der Waals surface area contributed by atoms with Crippen LogP contribution in [-0.4, -0.2) is 24.0 Å². The zero-order valence-electron chi connectivity index (χ0n) is 15.8. The number of hydrogen-bond acceptors (Lipinski definition) is 1. The SMILES string of the molecule is CCN(CCCc1ccc(C2CCCCC2)cc1)C1CCCCC1. The molecule has 2 aliphatic carbocycles. The van der Waals surface area contributed by atoms with Crippen molar-refractivity contribution in [2.45, 2.75) is 95.9 Å². The van der Waals surface area contributed by atoms with Gasteiger partial charge in [-0.3, -0.25) is 0 Å². The van der Waals surface area contributed by atoms with E-state index in [2.05, 4.69) is 36.1 Å². The average Bonchev–Trinajstić information content (AvgIpc) is 2.67. The molecular formula is C23H37N. The molecule has 0 amide bonds. The van der Waals surface area contributed by atoms with Crippen LogP contribution in [0.1, 0.15) is 94.6 Å². The number of nitrogens with zero attached hydrogens (tertiary/aromatic N) is 1. The van der Waals surface area contributed by atoms with E-state index in [4.69, 9.17) is 0 Å². The quantitative estimate of drug-likeness (QED) is 0.566. The topological polar surface area (TPSA) is 3.24 Å². The van der Waals surface area contributed by atoms with E-state index in [0.29, 0.717) is 0 Å². The highest BCUT2D eigenvalue weighted by Crippen LogP contribution is 2.32. The summed E-state index contributed by atoms with van der Waals surface area (Å²) >= 11 is 0. The summed E-state index contributed by atoms with van der Waals surface area (Å²) in [6.07, 6.45) is 16.9. The first kappa shape index (κ1) is 18.0. The third-order valence-electron chi connectivity index (χ3n) is 6.46. The lowest BCUT2D eigenvalue weighted by Crippen LogP contribution is -2.37. The minimum atomic E-state index is 0.842. The van der Waals surface area contributed by atoms with E-state index in [-0.39, 0.29) is 0 Å². The van der Waals surface area contributed by atoms with Gasteiger partial charge in [0.15, 0.2) is 0 Å². The minimum Gasteiger partial charge on any atom is -0.301 e. The van der Waals surface area contributed by atoms with E-state index in [0.717, 1.165) is 12.0 Å². The fraction of sp³-hybridized carbons (Fsp3) is 0.739. The Morgan fingerprint density at radius 1 is 0.833 bits per heavy atom. The Morgan fingerprint density at radius 3 is 2.08 bits per heavy atom. The maximum absolute atomic E-state index is 2.75. The fourth-order valence-electron chi connectivity index (χ4n) is 4.92. The summed E-state index contributed by atoms with van der Waals surface area (Å²) in [6, 6.07) is 10.5. The zero-order chi connectivity index (χ0) is 16.6. The highest BCUT2D eigenvalue weighted by atomic mass is 15.1. The second-order valence-corrected chi connectivity index (χ2v) is 8.10. The molecule has 0 radical (unpaired) electrons. The fourth-order valence-corrected chi connectivity index (χ4v) is 4.92. The van der Waals surface area contributed by atoms with Gasteiger partial charge in [0.25, 0.3) is 0 Å². The Bertz CT molecular complexity index is 451. The Morgan fingerprint density at radius 2 is 1.46 bits per heavy atom. The molecule has 134 valence electrons. The van der Waals surface area contributed by atoms with Crippen molar-refractivity contribution in [3.8, 4) is 0 Å². The van der Waals surface area contributed by atoms with Gasteiger partial charge in [-0.2, -0.15) is 0 Å². The third-order valence-corrected chi connectivity index (χ3v) is 6.46. The molecule has 0 aliphatic heterocycles. The molecule has 0 unspecified atom stereocenters. The van der Waals surface area contributed by atoms with Crippen LogP contribution in [-0.2, 0) is 6.42 Å². The van der Waals surface area contributed by atoms with Crippen molar-refractivity contribution in [1.29, 1.82) is 0 Å². The average molecular weight is 328 g/mol. The summed E-state index contributed by atoms with van der Waals surface area (Å²) < 4.78 is 0. The highest BCUT2D eigenvalue weighted by Gasteiger charge is 2.19. The molecule has 0 saturated heterocycles. The lowest BCUT2D eigenvalue weighted by atomic mass is 9.84. The summed E-state index contributed by atoms with van der Waals surface area (Å²) in [5, 5.41) is 0. The van der Waals surface area contributed by atoms with Crippen molar-refractivity contribution < 1.29 is 0 Å². The molecule has 24 heavy (non-hydrogen) atoms. The summed E-state index contributed by atoms with van der Waals surface area (Å²) in [5.41, 5.74) is 3.13. The summed E-state index contributed by atoms with van der Waals surface area (Å²) in [4.78, 5) is 2.75. The van der Waals surface area contributed by atoms with Crippen molar-refractivity contribution in [3.63, 3.8) is 0 Å². The molecule has 0 aromatic heterocycles. The number of aryl methyl sites for hydroxylation is 1. The number of hydrogen-bond donors (Lipinski definition) is 0. The molecule has 1 nitrogen and oxygen atoms in total. The molecule has 0 atom stereocenters. The second-order valence-electron chi connectivity index (χ2n) is 8.10. The smallest absolute Gasteiger partial charge is 0.00951 e. The molecule has 1 aromatic carbocycles. The van der Waals surface area contributed by atoms with Gasteiger partial charge in [-0.1, -0.05) is 69.7 Å². The van der Waals surface area contributed by atoms with Gasteiger partial charge in [-0.15, -0.1) is 0 Å². The van der Waals surface area contributed by atoms with Gasteiger partial charge >= 0.3 is 0 Å². The molecule has 0 N–H and O–H groups in total. The molecule has 1 aromatic rings. The van der Waals surface area contributed by atoms with Crippen molar-refractivity contribution in [3.05, 3.63) is 35.4 Å². The molecular weight excluding hydrogens is 290 g/mol. The lowest BCUT2D eigenvalue weighted by molar-refractivity contribution is 0.162. The van der Waals surface area contributed by atoms with E-state index in [1.54, 1.807) is 5.56 Å². The van der Waals surface area contributed by atoms with Gasteiger partial charge in [0, 0.05) is 6.04 Å². The Kier molecular flexibility index (Phi) is 7.20. The van der Waals surface area contributed by atoms with Gasteiger partial charge in [0.1, 0.15) is 0 Å². The molecule has 3 rings (SSSR count). The van der Waals surface area contributed by atoms with Crippen molar-refractivity contribution in [1.82, 2.24) is 4.90 Å². The summed E-state index contributed by atoms with van der Waals surface area (Å²) in [6.45, 7) is 4.85. The molecule has 2 saturated carbocycles. The number of benzene rings is 1. The molecule has 2 aliphatic rings. The Labute approximate surface area is 149 Å². The predicted octanol–water partition coefficient (Wildman–Crippen LogP) is 6.32. The monoisotopic (exact) mass is 327 g/mol. The van der Waals surface area contributed by atoms with E-state index >= 15 is 0 Å². The molecule has 0 bridgehead atoms. The minimum absolute atomic E-state index is 0.842. The van der Waals surface area contributed by atoms with Crippen LogP contribution in [0.4, 0.5) is 0 Å². The van der Waals surface area contributed by atoms with Crippen LogP contribution in [0.2, 0.25) is 0 Å². The standard InChI is InChI=1S/C23H37N/c1-2-24(23-13-7-4-8-14-23)19-9-10-20-15-17-22(18-16-20)21-11-5-3-6-12-21/h15-18,21,23H,2-14,19H2,1H3. The molecule has 0 spiro atoms. The zero-order valence-corrected chi connectivity index (χ0v) is 15.8. The first-order valence-electron chi connectivity index (χ1n) is 10.7. The van der Waals surface area contributed by atoms with Crippen LogP contribution < -0.4 is 0 Å². The van der Waals surface area contributed by atoms with Crippen molar-refractivity contribution in [2.75, 3.05) is 13.1 Å². The van der Waals surface area contributed by atoms with Crippen molar-refractivity contribution in [2.24, 2.45) is 0 Å². The highest BCUT2D eigenvalue weighted by molar-refractivity contribution is 5.25. The molecule has 2 fully saturated rings. The Balaban J connectivity index is 1.43. The first-order valence-corrected chi connectivity index (χ1v) is 10.7. The normalized spacial score (nSPS) is 20.6. The van der Waals surface area contributed by atoms with E-state index < -0.39 is 0 Å². The van der Waals surface area contributed by atoms with Gasteiger partial charge in [0.05, 0.1) is 0 Å². The number of rotatable bonds is 7. The Hall–Kier alpha value is -0.820. The molecule has 0 heterocycles. The summed E-state index contributed by atoms with van der Waals surface area (Å²) in [7, 11) is 0. The van der Waals surface area contributed by atoms with Gasteiger partial charge in [-0.05, 0) is 68.7 Å². The summed E-state index contributed by atoms with van der Waals surface area (Å²) in [5.74, 6) is 0.842. The molecule has 1 heteroatoms. The maximum Gasteiger partial charge on any atom is 0.00951 e. The van der Waals surface area contributed by atoms with Gasteiger partial charge < -0.3 is 4.90 Å².